The number of rotatable bonds is 8. The van der Waals surface area contributed by atoms with Gasteiger partial charge in [-0.3, -0.25) is 0 Å². The van der Waals surface area contributed by atoms with Crippen LogP contribution in [-0.2, 0) is 10.8 Å². The first-order valence-electron chi connectivity index (χ1n) is 43.7. The highest BCUT2D eigenvalue weighted by molar-refractivity contribution is 7.26. The van der Waals surface area contributed by atoms with Crippen molar-refractivity contribution in [1.82, 2.24) is 39.9 Å². The number of pyridine rings is 2. The molecule has 2 spiro atoms. The highest BCUT2D eigenvalue weighted by Crippen LogP contribution is 2.65. The Morgan fingerprint density at radius 1 is 0.200 bits per heavy atom. The van der Waals surface area contributed by atoms with Crippen LogP contribution in [0.15, 0.2) is 417 Å². The standard InChI is InChI=1S/C59H34N4O2.C59H34N4OS/c1-3-16-35(17-4-1)55-44-33-42-38-20-7-9-23-45(38)59(46-24-10-13-27-51(46)65-52-28-14-11-25-47(52)59)48(42)34-41(44)43-32-37(30-31-49(43)60-55)57-61-56(36-18-5-2-6-19-36)62-58(63-57)40-22-15-29-53-54(40)39-21-8-12-26-50(39)64-53;1-3-16-35(17-4-1)54-45-33-43-38-20-7-9-24-46(38)59(47-25-10-12-27-51(47)64-52-28-13-11-26-48(52)59)49(43)34-42(45)44-32-37(30-31-50(44)60-54)57-61-56(36-18-5-2-6-19-36)62-58(63-57)41-23-15-22-40-39-21-8-14-29-53(39)65-55(40)41/h2*1-34H. The summed E-state index contributed by atoms with van der Waals surface area (Å²) in [6.45, 7) is 0. The first-order valence-corrected chi connectivity index (χ1v) is 44.6. The molecule has 0 saturated heterocycles. The summed E-state index contributed by atoms with van der Waals surface area (Å²) in [7, 11) is 0. The van der Waals surface area contributed by atoms with Crippen molar-refractivity contribution in [2.24, 2.45) is 0 Å². The molecule has 130 heavy (non-hydrogen) atoms. The van der Waals surface area contributed by atoms with E-state index in [9.17, 15) is 0 Å². The van der Waals surface area contributed by atoms with Gasteiger partial charge >= 0.3 is 0 Å². The molecule has 0 fully saturated rings. The van der Waals surface area contributed by atoms with Gasteiger partial charge in [-0.1, -0.05) is 303 Å². The van der Waals surface area contributed by atoms with Gasteiger partial charge in [0.25, 0.3) is 0 Å². The number of aromatic nitrogens is 8. The van der Waals surface area contributed by atoms with Gasteiger partial charge in [-0.25, -0.2) is 39.9 Å². The molecule has 0 N–H and O–H groups in total. The summed E-state index contributed by atoms with van der Waals surface area (Å²) < 4.78 is 22.1. The Morgan fingerprint density at radius 2 is 0.562 bits per heavy atom. The van der Waals surface area contributed by atoms with Crippen LogP contribution < -0.4 is 9.47 Å². The fraction of sp³-hybridized carbons (Fsp3) is 0.0169. The second-order valence-electron chi connectivity index (χ2n) is 33.7. The highest BCUT2D eigenvalue weighted by Gasteiger charge is 2.53. The number of hydrogen-bond donors (Lipinski definition) is 0. The second-order valence-corrected chi connectivity index (χ2v) is 34.7. The van der Waals surface area contributed by atoms with Gasteiger partial charge < -0.3 is 13.9 Å². The highest BCUT2D eigenvalue weighted by atomic mass is 32.1. The Morgan fingerprint density at radius 3 is 1.05 bits per heavy atom. The van der Waals surface area contributed by atoms with Crippen molar-refractivity contribution in [3.63, 3.8) is 0 Å². The predicted molar refractivity (Wildman–Crippen MR) is 524 cm³/mol. The number of benzene rings is 18. The molecule has 4 aliphatic rings. The molecular formula is C118H68N8O3S. The fourth-order valence-electron chi connectivity index (χ4n) is 21.2. The molecular weight excluding hydrogens is 1610 g/mol. The SMILES string of the molecule is c1ccc(-c2nc(-c3ccc4nc(-c5ccccc5)c5cc6c(cc5c4c3)C3(c4ccccc4Oc4ccccc43)c3ccccc3-6)nc(-c3cccc4c3sc3ccccc34)n2)cc1.c1ccc(-c2nc(-c3ccc4nc(-c5ccccc5)c5cc6c(cc5c4c3)C3(c4ccccc4Oc4ccccc43)c3ccccc3-6)nc(-c3cccc4oc5ccccc5c34)n2)cc1. The third-order valence-corrected chi connectivity index (χ3v) is 28.0. The summed E-state index contributed by atoms with van der Waals surface area (Å²) in [6, 6.07) is 145. The lowest BCUT2D eigenvalue weighted by Gasteiger charge is -2.39. The van der Waals surface area contributed by atoms with E-state index in [-0.39, 0.29) is 0 Å². The van der Waals surface area contributed by atoms with Crippen molar-refractivity contribution in [2.45, 2.75) is 10.8 Å². The van der Waals surface area contributed by atoms with E-state index in [1.54, 1.807) is 11.3 Å². The smallest absolute Gasteiger partial charge is 0.165 e. The van der Waals surface area contributed by atoms with Crippen molar-refractivity contribution in [2.75, 3.05) is 0 Å². The molecule has 604 valence electrons. The van der Waals surface area contributed by atoms with E-state index in [4.69, 9.17) is 53.8 Å². The minimum Gasteiger partial charge on any atom is -0.457 e. The first kappa shape index (κ1) is 73.3. The maximum absolute atomic E-state index is 6.69. The zero-order valence-electron chi connectivity index (χ0n) is 69.5. The van der Waals surface area contributed by atoms with Crippen LogP contribution in [0.1, 0.15) is 44.5 Å². The van der Waals surface area contributed by atoms with Crippen LogP contribution in [0, 0.1) is 0 Å². The van der Waals surface area contributed by atoms with Gasteiger partial charge in [0.2, 0.25) is 0 Å². The topological polar surface area (TPSA) is 135 Å². The van der Waals surface area contributed by atoms with E-state index in [1.807, 2.05) is 78.9 Å². The van der Waals surface area contributed by atoms with Crippen molar-refractivity contribution >= 4 is 96.8 Å². The third kappa shape index (κ3) is 11.0. The molecule has 28 rings (SSSR count). The zero-order chi connectivity index (χ0) is 85.3. The van der Waals surface area contributed by atoms with Crippen LogP contribution in [0.2, 0.25) is 0 Å². The predicted octanol–water partition coefficient (Wildman–Crippen LogP) is 29.7. The Balaban J connectivity index is 0.000000134. The normalized spacial score (nSPS) is 13.2. The fourth-order valence-corrected chi connectivity index (χ4v) is 22.4. The zero-order valence-corrected chi connectivity index (χ0v) is 70.3. The molecule has 0 bridgehead atoms. The maximum atomic E-state index is 6.69. The lowest BCUT2D eigenvalue weighted by atomic mass is 9.66. The maximum Gasteiger partial charge on any atom is 0.165 e. The summed E-state index contributed by atoms with van der Waals surface area (Å²) in [4.78, 5) is 42.3. The molecule has 2 aliphatic heterocycles. The summed E-state index contributed by atoms with van der Waals surface area (Å²) in [5.41, 5.74) is 25.8. The molecule has 24 aromatic rings. The van der Waals surface area contributed by atoms with Crippen LogP contribution in [0.3, 0.4) is 0 Å². The number of fused-ring (bicyclic) bond motifs is 30. The molecule has 0 radical (unpaired) electrons. The summed E-state index contributed by atoms with van der Waals surface area (Å²) in [5, 5.41) is 10.8. The number of ether oxygens (including phenoxy) is 2. The monoisotopic (exact) mass is 1680 g/mol. The molecule has 0 unspecified atom stereocenters. The van der Waals surface area contributed by atoms with Gasteiger partial charge in [-0.05, 0) is 164 Å². The summed E-state index contributed by atoms with van der Waals surface area (Å²) in [6.07, 6.45) is 0. The van der Waals surface area contributed by atoms with Crippen LogP contribution in [0.25, 0.3) is 199 Å². The van der Waals surface area contributed by atoms with E-state index in [1.165, 1.54) is 60.0 Å². The molecule has 18 aromatic carbocycles. The molecule has 0 amide bonds. The molecule has 2 aliphatic carbocycles. The average Bonchev–Trinajstić information content (AvgIpc) is 1.51. The number of hydrogen-bond acceptors (Lipinski definition) is 12. The number of para-hydroxylation sites is 5. The molecule has 0 saturated carbocycles. The van der Waals surface area contributed by atoms with Gasteiger partial charge in [-0.15, -0.1) is 11.3 Å². The Labute approximate surface area is 749 Å². The molecule has 11 nitrogen and oxygen atoms in total. The van der Waals surface area contributed by atoms with E-state index < -0.39 is 10.8 Å². The molecule has 6 aromatic heterocycles. The van der Waals surface area contributed by atoms with Gasteiger partial charge in [-0.2, -0.15) is 0 Å². The summed E-state index contributed by atoms with van der Waals surface area (Å²) in [5.74, 6) is 7.06. The summed E-state index contributed by atoms with van der Waals surface area (Å²) >= 11 is 1.78. The van der Waals surface area contributed by atoms with Crippen LogP contribution >= 0.6 is 11.3 Å². The largest absolute Gasteiger partial charge is 0.457 e. The number of furan rings is 1. The van der Waals surface area contributed by atoms with Crippen molar-refractivity contribution in [1.29, 1.82) is 0 Å². The van der Waals surface area contributed by atoms with Crippen molar-refractivity contribution in [3.05, 3.63) is 457 Å². The van der Waals surface area contributed by atoms with Crippen LogP contribution in [0.4, 0.5) is 0 Å². The van der Waals surface area contributed by atoms with Gasteiger partial charge in [0.1, 0.15) is 34.2 Å². The van der Waals surface area contributed by atoms with Gasteiger partial charge in [0.05, 0.1) is 33.3 Å². The molecule has 0 atom stereocenters. The molecule has 8 heterocycles. The lowest BCUT2D eigenvalue weighted by Crippen LogP contribution is -2.32. The van der Waals surface area contributed by atoms with E-state index in [2.05, 4.69) is 334 Å². The Bertz CT molecular complexity index is 8810. The number of thiophene rings is 1. The minimum absolute atomic E-state index is 0.568. The minimum atomic E-state index is -0.627. The van der Waals surface area contributed by atoms with Crippen molar-refractivity contribution in [3.8, 4) is 136 Å². The Hall–Kier alpha value is -17.1. The third-order valence-electron chi connectivity index (χ3n) is 26.8. The number of nitrogens with zero attached hydrogens (tertiary/aromatic N) is 8. The van der Waals surface area contributed by atoms with Crippen molar-refractivity contribution < 1.29 is 13.9 Å². The van der Waals surface area contributed by atoms with E-state index >= 15 is 0 Å². The second kappa shape index (κ2) is 28.7. The van der Waals surface area contributed by atoms with E-state index in [0.29, 0.717) is 34.9 Å². The van der Waals surface area contributed by atoms with Gasteiger partial charge in [0, 0.05) is 119 Å². The Kier molecular flexibility index (Phi) is 16.2. The molecule has 12 heteroatoms. The average molecular weight is 1680 g/mol. The quantitative estimate of drug-likeness (QED) is 0.135. The lowest BCUT2D eigenvalue weighted by molar-refractivity contribution is 0.436. The first-order chi connectivity index (χ1) is 64.4. The van der Waals surface area contributed by atoms with Gasteiger partial charge in [0.15, 0.2) is 34.9 Å². The van der Waals surface area contributed by atoms with E-state index in [0.717, 1.165) is 171 Å². The van der Waals surface area contributed by atoms with Crippen LogP contribution in [-0.4, -0.2) is 39.9 Å². The van der Waals surface area contributed by atoms with Crippen LogP contribution in [0.5, 0.6) is 23.0 Å².